The van der Waals surface area contributed by atoms with Crippen molar-refractivity contribution in [2.75, 3.05) is 0 Å². The van der Waals surface area contributed by atoms with Gasteiger partial charge in [0.05, 0.1) is 0 Å². The molecule has 0 unspecified atom stereocenters. The second kappa shape index (κ2) is 2.70. The van der Waals surface area contributed by atoms with Crippen LogP contribution in [0, 0.1) is 0 Å². The minimum Gasteiger partial charge on any atom is -0.194 e. The molecule has 0 bridgehead atoms. The normalized spacial score (nSPS) is 12.7. The molecule has 3 nitrogen and oxygen atoms in total. The monoisotopic (exact) mass is 193 g/mol. The van der Waals surface area contributed by atoms with E-state index < -0.39 is 15.5 Å². The zero-order chi connectivity index (χ0) is 8.41. The molecule has 0 spiro atoms. The molecule has 0 saturated heterocycles. The van der Waals surface area contributed by atoms with Crippen LogP contribution in [0.4, 0.5) is 13.2 Å². The summed E-state index contributed by atoms with van der Waals surface area (Å²) < 4.78 is 55.9. The van der Waals surface area contributed by atoms with E-state index >= 15 is 0 Å². The summed E-state index contributed by atoms with van der Waals surface area (Å²) in [5.74, 6) is 2.76. The number of nitrogens with zero attached hydrogens (tertiary/aromatic N) is 1. The van der Waals surface area contributed by atoms with Gasteiger partial charge < -0.3 is 0 Å². The maximum absolute atomic E-state index is 11.3. The molecule has 0 aliphatic rings. The average Bonchev–Trinajstić information content (AvgIpc) is 1.61. The van der Waals surface area contributed by atoms with E-state index in [9.17, 15) is 21.6 Å². The lowest BCUT2D eigenvalue weighted by Crippen LogP contribution is -2.19. The lowest BCUT2D eigenvalue weighted by molar-refractivity contribution is -0.0434. The number of rotatable bonds is 1. The van der Waals surface area contributed by atoms with Crippen molar-refractivity contribution in [3.8, 4) is 0 Å². The van der Waals surface area contributed by atoms with Crippen LogP contribution in [0.15, 0.2) is 3.77 Å². The van der Waals surface area contributed by atoms with Crippen molar-refractivity contribution in [1.82, 2.24) is 0 Å². The highest BCUT2D eigenvalue weighted by Crippen LogP contribution is 2.23. The van der Waals surface area contributed by atoms with Crippen LogP contribution in [0.2, 0.25) is 0 Å². The Balaban J connectivity index is 4.97. The first kappa shape index (κ1) is 9.63. The predicted molar refractivity (Wildman–Crippen MR) is 31.9 cm³/mol. The molecule has 0 radical (unpaired) electrons. The van der Waals surface area contributed by atoms with Crippen LogP contribution in [0.5, 0.6) is 0 Å². The standard InChI is InChI=1S/C2H2F3NO2S2/c1-9-6-10(7,8)2(3,4)5/h1H2. The molecule has 0 aromatic heterocycles. The van der Waals surface area contributed by atoms with E-state index in [1.165, 1.54) is 0 Å². The van der Waals surface area contributed by atoms with Gasteiger partial charge in [0.1, 0.15) is 0 Å². The van der Waals surface area contributed by atoms with Crippen LogP contribution in [0.25, 0.3) is 0 Å². The highest BCUT2D eigenvalue weighted by atomic mass is 32.2. The van der Waals surface area contributed by atoms with Crippen molar-refractivity contribution < 1.29 is 21.6 Å². The molecule has 60 valence electrons. The molecule has 0 heterocycles. The summed E-state index contributed by atoms with van der Waals surface area (Å²) in [7, 11) is -5.32. The highest BCUT2D eigenvalue weighted by Gasteiger charge is 2.45. The smallest absolute Gasteiger partial charge is 0.194 e. The summed E-state index contributed by atoms with van der Waals surface area (Å²) in [4.78, 5) is 0. The minimum absolute atomic E-state index is 0.00248. The van der Waals surface area contributed by atoms with Gasteiger partial charge in [-0.3, -0.25) is 0 Å². The molecule has 10 heavy (non-hydrogen) atoms. The van der Waals surface area contributed by atoms with Gasteiger partial charge in [-0.2, -0.15) is 21.6 Å². The van der Waals surface area contributed by atoms with Crippen LogP contribution in [-0.2, 0) is 21.2 Å². The molecule has 0 amide bonds. The molecule has 0 fully saturated rings. The van der Waals surface area contributed by atoms with Crippen LogP contribution in [0.1, 0.15) is 0 Å². The summed E-state index contributed by atoms with van der Waals surface area (Å²) in [5, 5.41) is 0. The van der Waals surface area contributed by atoms with E-state index in [4.69, 9.17) is 0 Å². The fourth-order valence-electron chi connectivity index (χ4n) is 0.112. The van der Waals surface area contributed by atoms with Gasteiger partial charge >= 0.3 is 15.5 Å². The third kappa shape index (κ3) is 2.10. The van der Waals surface area contributed by atoms with Crippen LogP contribution in [-0.4, -0.2) is 19.8 Å². The Morgan fingerprint density at radius 1 is 1.40 bits per heavy atom. The van der Waals surface area contributed by atoms with E-state index in [-0.39, 0.29) is 11.1 Å². The van der Waals surface area contributed by atoms with Crippen LogP contribution in [0.3, 0.4) is 0 Å². The Morgan fingerprint density at radius 3 is 1.90 bits per heavy atom. The SMILES string of the molecule is C=S=NS(=O)(=O)C(F)(F)F. The van der Waals surface area contributed by atoms with Gasteiger partial charge in [-0.15, -0.1) is 0 Å². The number of sulfonamides is 1. The summed E-state index contributed by atoms with van der Waals surface area (Å²) in [6.45, 7) is 0. The lowest BCUT2D eigenvalue weighted by atomic mass is 11.6. The number of hydrogen-bond donors (Lipinski definition) is 0. The van der Waals surface area contributed by atoms with Crippen molar-refractivity contribution in [3.05, 3.63) is 0 Å². The molecular weight excluding hydrogens is 191 g/mol. The topological polar surface area (TPSA) is 46.5 Å². The lowest BCUT2D eigenvalue weighted by Gasteiger charge is -1.98. The maximum atomic E-state index is 11.3. The molecule has 8 heteroatoms. The molecule has 0 atom stereocenters. The molecule has 0 aliphatic heterocycles. The second-order valence-corrected chi connectivity index (χ2v) is 3.39. The Kier molecular flexibility index (Phi) is 2.60. The quantitative estimate of drug-likeness (QED) is 0.570. The molecule has 0 saturated carbocycles. The minimum atomic E-state index is -5.32. The van der Waals surface area contributed by atoms with Gasteiger partial charge in [-0.05, 0) is 17.0 Å². The largest absolute Gasteiger partial charge is 0.519 e. The third-order valence-corrected chi connectivity index (χ3v) is 2.23. The Labute approximate surface area is 58.6 Å². The first-order valence-electron chi connectivity index (χ1n) is 1.76. The summed E-state index contributed by atoms with van der Waals surface area (Å²) in [6.07, 6.45) is 0. The van der Waals surface area contributed by atoms with Gasteiger partial charge in [-0.25, -0.2) is 0 Å². The zero-order valence-corrected chi connectivity index (χ0v) is 6.05. The van der Waals surface area contributed by atoms with Gasteiger partial charge in [0.25, 0.3) is 0 Å². The molecule has 0 N–H and O–H groups in total. The van der Waals surface area contributed by atoms with Crippen molar-refractivity contribution in [2.45, 2.75) is 5.51 Å². The zero-order valence-electron chi connectivity index (χ0n) is 4.42. The average molecular weight is 193 g/mol. The highest BCUT2D eigenvalue weighted by molar-refractivity contribution is 7.95. The Morgan fingerprint density at radius 2 is 1.80 bits per heavy atom. The molecule has 0 aliphatic carbocycles. The predicted octanol–water partition coefficient (Wildman–Crippen LogP) is 0.534. The Hall–Kier alpha value is -0.370. The molecule has 0 aromatic carbocycles. The Bertz CT molecular complexity index is 259. The van der Waals surface area contributed by atoms with E-state index in [1.54, 1.807) is 0 Å². The maximum Gasteiger partial charge on any atom is 0.519 e. The number of halogens is 3. The molecule has 0 rings (SSSR count). The van der Waals surface area contributed by atoms with Gasteiger partial charge in [0.15, 0.2) is 0 Å². The second-order valence-electron chi connectivity index (χ2n) is 1.12. The fourth-order valence-corrected chi connectivity index (χ4v) is 1.00. The first-order valence-corrected chi connectivity index (χ1v) is 4.14. The van der Waals surface area contributed by atoms with E-state index in [0.29, 0.717) is 0 Å². The number of alkyl halides is 3. The van der Waals surface area contributed by atoms with Crippen molar-refractivity contribution in [1.29, 1.82) is 0 Å². The summed E-state index contributed by atoms with van der Waals surface area (Å²) in [6, 6.07) is 0. The molecule has 0 aromatic rings. The van der Waals surface area contributed by atoms with Gasteiger partial charge in [-0.1, -0.05) is 3.77 Å². The van der Waals surface area contributed by atoms with Crippen LogP contribution >= 0.6 is 0 Å². The summed E-state index contributed by atoms with van der Waals surface area (Å²) in [5.41, 5.74) is -5.31. The third-order valence-electron chi connectivity index (χ3n) is 0.443. The van der Waals surface area contributed by atoms with Crippen molar-refractivity contribution in [3.63, 3.8) is 0 Å². The van der Waals surface area contributed by atoms with Gasteiger partial charge in [0.2, 0.25) is 0 Å². The number of hydrogen-bond acceptors (Lipinski definition) is 2. The van der Waals surface area contributed by atoms with Crippen molar-refractivity contribution >= 4 is 27.0 Å². The summed E-state index contributed by atoms with van der Waals surface area (Å²) >= 11 is 0.00248. The molecular formula is C2H2F3NO2S2. The van der Waals surface area contributed by atoms with Gasteiger partial charge in [0, 0.05) is 0 Å². The fraction of sp³-hybridized carbons (Fsp3) is 0.500. The first-order chi connectivity index (χ1) is 4.31. The van der Waals surface area contributed by atoms with Crippen LogP contribution < -0.4 is 0 Å². The van der Waals surface area contributed by atoms with E-state index in [1.807, 2.05) is 0 Å². The van der Waals surface area contributed by atoms with Crippen molar-refractivity contribution in [2.24, 2.45) is 3.77 Å². The van der Waals surface area contributed by atoms with E-state index in [2.05, 4.69) is 9.64 Å². The van der Waals surface area contributed by atoms with E-state index in [0.717, 1.165) is 0 Å².